The van der Waals surface area contributed by atoms with E-state index in [9.17, 15) is 4.21 Å². The molecule has 0 saturated carbocycles. The summed E-state index contributed by atoms with van der Waals surface area (Å²) in [6, 6.07) is 9.10. The molecular weight excluding hydrogens is 361 g/mol. The van der Waals surface area contributed by atoms with Crippen LogP contribution in [0.1, 0.15) is 21.8 Å². The van der Waals surface area contributed by atoms with Gasteiger partial charge in [0, 0.05) is 37.0 Å². The molecule has 1 unspecified atom stereocenters. The smallest absolute Gasteiger partial charge is 0.493 e. The molecule has 0 spiro atoms. The molecule has 3 rings (SSSR count). The van der Waals surface area contributed by atoms with Crippen molar-refractivity contribution >= 4 is 21.8 Å². The minimum absolute atomic E-state index is 0. The van der Waals surface area contributed by atoms with Crippen molar-refractivity contribution in [2.24, 2.45) is 0 Å². The summed E-state index contributed by atoms with van der Waals surface area (Å²) in [6.07, 6.45) is 2.03. The number of fused-ring (bicyclic) bond motifs is 1. The summed E-state index contributed by atoms with van der Waals surface area (Å²) in [6.45, 7) is 2.23. The van der Waals surface area contributed by atoms with Gasteiger partial charge in [0.2, 0.25) is 0 Å². The summed E-state index contributed by atoms with van der Waals surface area (Å²) in [7, 11) is -3.82. The number of aromatic nitrogens is 3. The fraction of sp³-hybridized carbons (Fsp3) is 0.333. The van der Waals surface area contributed by atoms with Crippen molar-refractivity contribution in [3.8, 4) is 5.75 Å². The predicted molar refractivity (Wildman–Crippen MR) is 96.1 cm³/mol. The van der Waals surface area contributed by atoms with Crippen LogP contribution in [0.3, 0.4) is 0 Å². The second kappa shape index (κ2) is 10.2. The fourth-order valence-electron chi connectivity index (χ4n) is 2.35. The average Bonchev–Trinajstić information content (AvgIpc) is 3.07. The molecule has 0 N–H and O–H groups in total. The Morgan fingerprint density at radius 2 is 2.12 bits per heavy atom. The van der Waals surface area contributed by atoms with E-state index in [1.807, 2.05) is 31.2 Å². The van der Waals surface area contributed by atoms with E-state index in [0.717, 1.165) is 5.56 Å². The van der Waals surface area contributed by atoms with E-state index in [1.165, 1.54) is 0 Å². The third-order valence-corrected chi connectivity index (χ3v) is 4.82. The van der Waals surface area contributed by atoms with Crippen LogP contribution in [-0.2, 0) is 21.3 Å². The number of hydrogen-bond donors (Lipinski definition) is 0. The predicted octanol–water partition coefficient (Wildman–Crippen LogP) is -0.377. The third kappa shape index (κ3) is 5.14. The van der Waals surface area contributed by atoms with E-state index in [-0.39, 0.29) is 47.1 Å². The average molecular weight is 384 g/mol. The van der Waals surface area contributed by atoms with E-state index >= 15 is 0 Å². The normalized spacial score (nSPS) is 14.1. The molecule has 2 heterocycles. The first-order valence-corrected chi connectivity index (χ1v) is 9.14. The van der Waals surface area contributed by atoms with E-state index in [0.29, 0.717) is 35.5 Å². The second-order valence-electron chi connectivity index (χ2n) is 5.42. The molecule has 2 aromatic heterocycles. The number of ether oxygens (including phenoxy) is 2. The fourth-order valence-corrected chi connectivity index (χ4v) is 3.42. The van der Waals surface area contributed by atoms with Gasteiger partial charge in [-0.2, -0.15) is 0 Å². The number of para-hydroxylation sites is 2. The zero-order valence-electron chi connectivity index (χ0n) is 17.8. The quantitative estimate of drug-likeness (QED) is 0.389. The van der Waals surface area contributed by atoms with E-state index in [1.54, 1.807) is 12.3 Å². The molecule has 1 aromatic carbocycles. The van der Waals surface area contributed by atoms with Gasteiger partial charge in [0.25, 0.3) is 0 Å². The first-order chi connectivity index (χ1) is 13.3. The first kappa shape index (κ1) is 16.9. The molecule has 0 bridgehead atoms. The first-order valence-electron chi connectivity index (χ1n) is 9.32. The van der Waals surface area contributed by atoms with Gasteiger partial charge >= 0.3 is 29.6 Å². The standard InChI is InChI=1S/C18H20N3O3S.Na/c1-13-16(19-9-8-17(13)24-11-5-10-23-2)12-25(22)18-20-14-6-3-4-7-15(14)21-18;/h3-4,6-9H,5,10-12H2,1-2H3;/q-1;+1/i2D3;. The van der Waals surface area contributed by atoms with E-state index in [2.05, 4.69) is 15.0 Å². The molecule has 0 aliphatic heterocycles. The van der Waals surface area contributed by atoms with Crippen molar-refractivity contribution in [3.63, 3.8) is 0 Å². The van der Waals surface area contributed by atoms with Crippen LogP contribution in [0.4, 0.5) is 0 Å². The van der Waals surface area contributed by atoms with Gasteiger partial charge in [-0.25, -0.2) is 0 Å². The Hall–Kier alpha value is -1.25. The summed E-state index contributed by atoms with van der Waals surface area (Å²) in [5.74, 6) is 0.797. The Balaban J connectivity index is 0.00000300. The van der Waals surface area contributed by atoms with Gasteiger partial charge in [0.15, 0.2) is 0 Å². The molecule has 0 fully saturated rings. The minimum Gasteiger partial charge on any atom is -0.493 e. The molecule has 8 heteroatoms. The SMILES string of the molecule is [2H]C([2H])([2H])OCCCOc1ccnc(CS(=O)c2nc3ccccc3[n-]2)c1C.[Na+]. The van der Waals surface area contributed by atoms with Gasteiger partial charge in [-0.3, -0.25) is 9.19 Å². The largest absolute Gasteiger partial charge is 1.00 e. The number of nitrogens with zero attached hydrogens (tertiary/aromatic N) is 3. The Morgan fingerprint density at radius 3 is 2.92 bits per heavy atom. The number of benzene rings is 1. The van der Waals surface area contributed by atoms with Gasteiger partial charge in [-0.05, 0) is 24.0 Å². The van der Waals surface area contributed by atoms with Gasteiger partial charge in [-0.1, -0.05) is 24.3 Å². The van der Waals surface area contributed by atoms with Crippen LogP contribution in [0.2, 0.25) is 0 Å². The second-order valence-corrected chi connectivity index (χ2v) is 6.76. The van der Waals surface area contributed by atoms with Crippen molar-refractivity contribution in [2.75, 3.05) is 20.3 Å². The van der Waals surface area contributed by atoms with Crippen LogP contribution in [0, 0.1) is 6.92 Å². The molecule has 0 aliphatic rings. The van der Waals surface area contributed by atoms with Gasteiger partial charge in [0.1, 0.15) is 5.75 Å². The Morgan fingerprint density at radius 1 is 1.27 bits per heavy atom. The van der Waals surface area contributed by atoms with Gasteiger partial charge in [-0.15, -0.1) is 0 Å². The van der Waals surface area contributed by atoms with Crippen molar-refractivity contribution in [1.29, 1.82) is 0 Å². The zero-order chi connectivity index (χ0) is 20.1. The molecule has 0 amide bonds. The molecule has 26 heavy (non-hydrogen) atoms. The molecular formula is C18H20N3NaO3S. The van der Waals surface area contributed by atoms with E-state index in [4.69, 9.17) is 13.6 Å². The Labute approximate surface area is 181 Å². The summed E-state index contributed by atoms with van der Waals surface area (Å²) >= 11 is 0. The Kier molecular flexibility index (Phi) is 6.61. The van der Waals surface area contributed by atoms with Crippen molar-refractivity contribution in [2.45, 2.75) is 24.3 Å². The topological polar surface area (TPSA) is 75.4 Å². The third-order valence-electron chi connectivity index (χ3n) is 3.69. The van der Waals surface area contributed by atoms with Gasteiger partial charge < -0.3 is 19.4 Å². The summed E-state index contributed by atoms with van der Waals surface area (Å²) in [4.78, 5) is 12.9. The van der Waals surface area contributed by atoms with Gasteiger partial charge in [0.05, 0.1) is 33.0 Å². The number of imidazole rings is 1. The summed E-state index contributed by atoms with van der Waals surface area (Å²) in [5, 5.41) is 0.288. The molecule has 0 radical (unpaired) electrons. The van der Waals surface area contributed by atoms with Crippen LogP contribution in [-0.4, -0.2) is 34.4 Å². The van der Waals surface area contributed by atoms with Crippen molar-refractivity contribution in [3.05, 3.63) is 47.8 Å². The van der Waals surface area contributed by atoms with Crippen molar-refractivity contribution in [1.82, 2.24) is 15.0 Å². The maximum atomic E-state index is 12.7. The van der Waals surface area contributed by atoms with Crippen LogP contribution in [0.5, 0.6) is 5.75 Å². The summed E-state index contributed by atoms with van der Waals surface area (Å²) in [5.41, 5.74) is 2.85. The Bertz CT molecular complexity index is 949. The zero-order valence-corrected chi connectivity index (χ0v) is 17.6. The van der Waals surface area contributed by atoms with Crippen LogP contribution < -0.4 is 39.3 Å². The number of hydrogen-bond acceptors (Lipinski definition) is 5. The molecule has 1 atom stereocenters. The molecule has 0 aliphatic carbocycles. The number of pyridine rings is 1. The minimum atomic E-state index is -2.39. The number of rotatable bonds is 8. The van der Waals surface area contributed by atoms with Crippen LogP contribution in [0.25, 0.3) is 11.0 Å². The molecule has 6 nitrogen and oxygen atoms in total. The van der Waals surface area contributed by atoms with Crippen LogP contribution in [0.15, 0.2) is 41.7 Å². The molecule has 132 valence electrons. The van der Waals surface area contributed by atoms with Crippen LogP contribution >= 0.6 is 0 Å². The van der Waals surface area contributed by atoms with Crippen molar-refractivity contribution < 1.29 is 47.4 Å². The summed E-state index contributed by atoms with van der Waals surface area (Å²) < 4.78 is 44.0. The monoisotopic (exact) mass is 384 g/mol. The number of methoxy groups -OCH3 is 1. The maximum Gasteiger partial charge on any atom is 1.00 e. The molecule has 0 saturated heterocycles. The van der Waals surface area contributed by atoms with E-state index < -0.39 is 17.8 Å². The molecule has 3 aromatic rings. The maximum absolute atomic E-state index is 12.7.